The van der Waals surface area contributed by atoms with Crippen molar-refractivity contribution in [3.63, 3.8) is 0 Å². The van der Waals surface area contributed by atoms with Crippen LogP contribution in [0.2, 0.25) is 0 Å². The quantitative estimate of drug-likeness (QED) is 0.216. The molecule has 0 bridgehead atoms. The molecule has 0 fully saturated rings. The fraction of sp³-hybridized carbons (Fsp3) is 0.478. The SMILES string of the molecule is CC(C)(C)c1ccc(O)c(C(C)(C)c2cc(C(C)(C)C)ccc2Oc2ccc(C(C)(C)C)cc2C(C)(C)c2cc(C(C)(C)C)ccc2O)c1. The lowest BCUT2D eigenvalue weighted by atomic mass is 9.72. The molecule has 3 heteroatoms. The van der Waals surface area contributed by atoms with Crippen molar-refractivity contribution in [2.24, 2.45) is 0 Å². The molecule has 0 atom stereocenters. The maximum Gasteiger partial charge on any atom is 0.131 e. The van der Waals surface area contributed by atoms with Gasteiger partial charge in [-0.3, -0.25) is 0 Å². The predicted octanol–water partition coefficient (Wildman–Crippen LogP) is 12.7. The van der Waals surface area contributed by atoms with Crippen LogP contribution in [-0.2, 0) is 32.5 Å². The lowest BCUT2D eigenvalue weighted by Crippen LogP contribution is -2.24. The third kappa shape index (κ3) is 7.87. The largest absolute Gasteiger partial charge is 0.508 e. The second-order valence-corrected chi connectivity index (χ2v) is 19.2. The van der Waals surface area contributed by atoms with Crippen LogP contribution in [0.1, 0.15) is 155 Å². The molecule has 0 aromatic heterocycles. The van der Waals surface area contributed by atoms with Crippen molar-refractivity contribution >= 4 is 0 Å². The lowest BCUT2D eigenvalue weighted by Gasteiger charge is -2.34. The van der Waals surface area contributed by atoms with Crippen LogP contribution in [0.15, 0.2) is 72.8 Å². The first kappa shape index (κ1) is 38.1. The summed E-state index contributed by atoms with van der Waals surface area (Å²) in [7, 11) is 0. The number of ether oxygens (including phenoxy) is 1. The summed E-state index contributed by atoms with van der Waals surface area (Å²) in [6.45, 7) is 35.2. The van der Waals surface area contributed by atoms with E-state index in [1.54, 1.807) is 0 Å². The molecule has 0 saturated heterocycles. The predicted molar refractivity (Wildman–Crippen MR) is 208 cm³/mol. The molecule has 4 rings (SSSR count). The van der Waals surface area contributed by atoms with Gasteiger partial charge in [0.05, 0.1) is 0 Å². The van der Waals surface area contributed by atoms with Gasteiger partial charge in [-0.25, -0.2) is 0 Å². The van der Waals surface area contributed by atoms with Crippen molar-refractivity contribution < 1.29 is 14.9 Å². The number of aromatic hydroxyl groups is 2. The molecule has 0 aliphatic rings. The molecule has 2 N–H and O–H groups in total. The molecule has 0 radical (unpaired) electrons. The Hall–Kier alpha value is -3.72. The molecule has 0 aliphatic heterocycles. The number of phenolic OH excluding ortho intramolecular Hbond substituents is 2. The van der Waals surface area contributed by atoms with Gasteiger partial charge in [0.25, 0.3) is 0 Å². The standard InChI is InChI=1S/C46H62O3/c1-41(2,3)29-17-21-37(47)33(25-29)45(13,14)35-27-31(43(7,8)9)19-23-39(35)49-40-24-20-32(44(10,11)12)28-36(40)46(15,16)34-26-30(42(4,5)6)18-22-38(34)48/h17-28,47-48H,1-16H3. The number of phenols is 2. The van der Waals surface area contributed by atoms with Gasteiger partial charge in [-0.05, 0) is 68.2 Å². The first-order valence-electron chi connectivity index (χ1n) is 17.8. The van der Waals surface area contributed by atoms with Gasteiger partial charge in [0, 0.05) is 33.1 Å². The Kier molecular flexibility index (Phi) is 9.76. The van der Waals surface area contributed by atoms with E-state index >= 15 is 0 Å². The summed E-state index contributed by atoms with van der Waals surface area (Å²) >= 11 is 0. The Morgan fingerprint density at radius 3 is 0.857 bits per heavy atom. The Morgan fingerprint density at radius 1 is 0.347 bits per heavy atom. The van der Waals surface area contributed by atoms with Gasteiger partial charge in [0.1, 0.15) is 23.0 Å². The molecular formula is C46H62O3. The molecule has 0 spiro atoms. The van der Waals surface area contributed by atoms with Crippen LogP contribution in [-0.4, -0.2) is 10.2 Å². The fourth-order valence-corrected chi connectivity index (χ4v) is 6.56. The molecule has 4 aromatic rings. The topological polar surface area (TPSA) is 49.7 Å². The van der Waals surface area contributed by atoms with Crippen LogP contribution in [0, 0.1) is 0 Å². The molecule has 3 nitrogen and oxygen atoms in total. The Labute approximate surface area is 297 Å². The zero-order valence-electron chi connectivity index (χ0n) is 33.2. The second kappa shape index (κ2) is 12.6. The van der Waals surface area contributed by atoms with Crippen molar-refractivity contribution in [3.8, 4) is 23.0 Å². The van der Waals surface area contributed by atoms with Gasteiger partial charge in [-0.2, -0.15) is 0 Å². The second-order valence-electron chi connectivity index (χ2n) is 19.2. The minimum atomic E-state index is -0.595. The fourth-order valence-electron chi connectivity index (χ4n) is 6.56. The highest BCUT2D eigenvalue weighted by Crippen LogP contribution is 2.48. The summed E-state index contributed by atoms with van der Waals surface area (Å²) in [6, 6.07) is 25.0. The molecule has 0 unspecified atom stereocenters. The first-order chi connectivity index (χ1) is 22.1. The van der Waals surface area contributed by atoms with Crippen LogP contribution in [0.4, 0.5) is 0 Å². The number of hydrogen-bond acceptors (Lipinski definition) is 3. The van der Waals surface area contributed by atoms with E-state index < -0.39 is 10.8 Å². The molecule has 0 amide bonds. The van der Waals surface area contributed by atoms with E-state index in [4.69, 9.17) is 4.74 Å². The highest BCUT2D eigenvalue weighted by atomic mass is 16.5. The maximum atomic E-state index is 11.3. The number of benzene rings is 4. The summed E-state index contributed by atoms with van der Waals surface area (Å²) in [5.74, 6) is 2.03. The van der Waals surface area contributed by atoms with Gasteiger partial charge in [0.2, 0.25) is 0 Å². The van der Waals surface area contributed by atoms with E-state index in [1.807, 2.05) is 24.3 Å². The van der Waals surface area contributed by atoms with E-state index in [0.29, 0.717) is 0 Å². The molecule has 0 saturated carbocycles. The van der Waals surface area contributed by atoms with E-state index in [0.717, 1.165) is 33.8 Å². The van der Waals surface area contributed by atoms with Crippen LogP contribution >= 0.6 is 0 Å². The Balaban J connectivity index is 2.00. The molecular weight excluding hydrogens is 601 g/mol. The highest BCUT2D eigenvalue weighted by Gasteiger charge is 2.35. The zero-order valence-corrected chi connectivity index (χ0v) is 33.2. The monoisotopic (exact) mass is 662 g/mol. The van der Waals surface area contributed by atoms with Gasteiger partial charge in [-0.15, -0.1) is 0 Å². The average Bonchev–Trinajstić information content (AvgIpc) is 2.95. The summed E-state index contributed by atoms with van der Waals surface area (Å²) in [5, 5.41) is 22.7. The highest BCUT2D eigenvalue weighted by molar-refractivity contribution is 5.58. The van der Waals surface area contributed by atoms with Crippen LogP contribution in [0.3, 0.4) is 0 Å². The van der Waals surface area contributed by atoms with Gasteiger partial charge in [-0.1, -0.05) is 159 Å². The van der Waals surface area contributed by atoms with Gasteiger partial charge in [0.15, 0.2) is 0 Å². The third-order valence-corrected chi connectivity index (χ3v) is 10.3. The van der Waals surface area contributed by atoms with Crippen LogP contribution < -0.4 is 4.74 Å². The van der Waals surface area contributed by atoms with Gasteiger partial charge >= 0.3 is 0 Å². The molecule has 0 heterocycles. The van der Waals surface area contributed by atoms with Crippen molar-refractivity contribution in [2.45, 2.75) is 143 Å². The average molecular weight is 663 g/mol. The van der Waals surface area contributed by atoms with Crippen molar-refractivity contribution in [2.75, 3.05) is 0 Å². The zero-order chi connectivity index (χ0) is 37.1. The van der Waals surface area contributed by atoms with E-state index in [-0.39, 0.29) is 33.2 Å². The first-order valence-corrected chi connectivity index (χ1v) is 17.8. The summed E-state index contributed by atoms with van der Waals surface area (Å²) in [6.07, 6.45) is 0. The summed E-state index contributed by atoms with van der Waals surface area (Å²) in [5.41, 5.74) is 6.95. The Bertz CT molecular complexity index is 1690. The normalized spacial score (nSPS) is 13.5. The van der Waals surface area contributed by atoms with Crippen LogP contribution in [0.25, 0.3) is 0 Å². The number of hydrogen-bond donors (Lipinski definition) is 2. The third-order valence-electron chi connectivity index (χ3n) is 10.3. The minimum Gasteiger partial charge on any atom is -0.508 e. The molecule has 4 aromatic carbocycles. The smallest absolute Gasteiger partial charge is 0.131 e. The Morgan fingerprint density at radius 2 is 0.592 bits per heavy atom. The summed E-state index contributed by atoms with van der Waals surface area (Å²) < 4.78 is 7.10. The molecule has 0 aliphatic carbocycles. The van der Waals surface area contributed by atoms with Crippen LogP contribution in [0.5, 0.6) is 23.0 Å². The minimum absolute atomic E-state index is 0.0732. The van der Waals surface area contributed by atoms with E-state index in [2.05, 4.69) is 159 Å². The molecule has 264 valence electrons. The van der Waals surface area contributed by atoms with Crippen molar-refractivity contribution in [1.82, 2.24) is 0 Å². The van der Waals surface area contributed by atoms with Crippen molar-refractivity contribution in [1.29, 1.82) is 0 Å². The maximum absolute atomic E-state index is 11.3. The van der Waals surface area contributed by atoms with E-state index in [1.165, 1.54) is 22.3 Å². The van der Waals surface area contributed by atoms with Crippen molar-refractivity contribution in [3.05, 3.63) is 117 Å². The lowest BCUT2D eigenvalue weighted by molar-refractivity contribution is 0.425. The van der Waals surface area contributed by atoms with Gasteiger partial charge < -0.3 is 14.9 Å². The number of rotatable bonds is 6. The summed E-state index contributed by atoms with van der Waals surface area (Å²) in [4.78, 5) is 0. The van der Waals surface area contributed by atoms with E-state index in [9.17, 15) is 10.2 Å². The molecule has 49 heavy (non-hydrogen) atoms.